The van der Waals surface area contributed by atoms with E-state index in [1.165, 1.54) is 29.5 Å². The summed E-state index contributed by atoms with van der Waals surface area (Å²) < 4.78 is 0. The zero-order valence-corrected chi connectivity index (χ0v) is 14.9. The molecule has 1 aliphatic rings. The number of aromatic nitrogens is 2. The third kappa shape index (κ3) is 3.75. The summed E-state index contributed by atoms with van der Waals surface area (Å²) in [7, 11) is 0. The Hall–Kier alpha value is -2.72. The van der Waals surface area contributed by atoms with E-state index in [2.05, 4.69) is 39.6 Å². The van der Waals surface area contributed by atoms with Gasteiger partial charge >= 0.3 is 0 Å². The number of benzene rings is 1. The van der Waals surface area contributed by atoms with E-state index in [0.29, 0.717) is 11.7 Å². The molecule has 2 aromatic heterocycles. The molecule has 0 unspecified atom stereocenters. The van der Waals surface area contributed by atoms with Gasteiger partial charge in [-0.25, -0.2) is 4.98 Å². The van der Waals surface area contributed by atoms with Crippen LogP contribution in [0.25, 0.3) is 11.3 Å². The number of nitrogens with two attached hydrogens (primary N) is 1. The van der Waals surface area contributed by atoms with Crippen molar-refractivity contribution in [2.45, 2.75) is 25.2 Å². The highest BCUT2D eigenvalue weighted by molar-refractivity contribution is 5.66. The Kier molecular flexibility index (Phi) is 4.93. The number of nitrogen functional groups attached to an aromatic ring is 1. The lowest BCUT2D eigenvalue weighted by atomic mass is 9.86. The smallest absolute Gasteiger partial charge is 0.124 e. The minimum atomic E-state index is 0.553. The molecule has 1 aliphatic heterocycles. The van der Waals surface area contributed by atoms with E-state index in [0.717, 1.165) is 30.8 Å². The molecule has 0 spiro atoms. The zero-order chi connectivity index (χ0) is 17.8. The molecule has 0 radical (unpaired) electrons. The summed E-state index contributed by atoms with van der Waals surface area (Å²) in [5, 5.41) is 3.45. The summed E-state index contributed by atoms with van der Waals surface area (Å²) in [5.41, 5.74) is 11.9. The van der Waals surface area contributed by atoms with Crippen LogP contribution < -0.4 is 11.1 Å². The first kappa shape index (κ1) is 16.7. The first-order valence-corrected chi connectivity index (χ1v) is 9.25. The number of hydrogen-bond acceptors (Lipinski definition) is 4. The topological polar surface area (TPSA) is 63.8 Å². The van der Waals surface area contributed by atoms with Crippen molar-refractivity contribution in [1.82, 2.24) is 15.3 Å². The summed E-state index contributed by atoms with van der Waals surface area (Å²) in [6, 6.07) is 16.8. The fourth-order valence-electron chi connectivity index (χ4n) is 3.74. The van der Waals surface area contributed by atoms with Gasteiger partial charge in [0.15, 0.2) is 0 Å². The number of piperidine rings is 1. The Morgan fingerprint density at radius 3 is 2.69 bits per heavy atom. The van der Waals surface area contributed by atoms with Crippen molar-refractivity contribution < 1.29 is 0 Å². The van der Waals surface area contributed by atoms with Gasteiger partial charge in [-0.05, 0) is 73.2 Å². The van der Waals surface area contributed by atoms with E-state index in [-0.39, 0.29) is 0 Å². The lowest BCUT2D eigenvalue weighted by molar-refractivity contribution is 0.460. The van der Waals surface area contributed by atoms with E-state index in [1.807, 2.05) is 36.7 Å². The molecule has 0 amide bonds. The maximum absolute atomic E-state index is 5.92. The molecule has 1 aromatic carbocycles. The van der Waals surface area contributed by atoms with Crippen molar-refractivity contribution in [2.24, 2.45) is 0 Å². The largest absolute Gasteiger partial charge is 0.384 e. The highest BCUT2D eigenvalue weighted by Crippen LogP contribution is 2.31. The standard InChI is InChI=1S/C22H24N4/c23-22-5-1-4-21(26-22)20-7-6-18(17-8-11-24-12-9-17)14-19(20)13-16-3-2-10-25-15-16/h1-7,10,14-15,17,24H,8-9,11-13H2,(H2,23,26). The van der Waals surface area contributed by atoms with Gasteiger partial charge in [0, 0.05) is 18.0 Å². The van der Waals surface area contributed by atoms with Gasteiger partial charge in [-0.3, -0.25) is 4.98 Å². The quantitative estimate of drug-likeness (QED) is 0.756. The third-order valence-electron chi connectivity index (χ3n) is 5.10. The third-order valence-corrected chi connectivity index (χ3v) is 5.10. The molecule has 1 saturated heterocycles. The molecule has 0 bridgehead atoms. The van der Waals surface area contributed by atoms with Gasteiger partial charge in [0.2, 0.25) is 0 Å². The van der Waals surface area contributed by atoms with Gasteiger partial charge in [-0.15, -0.1) is 0 Å². The summed E-state index contributed by atoms with van der Waals surface area (Å²) in [6.45, 7) is 2.20. The second-order valence-electron chi connectivity index (χ2n) is 6.93. The van der Waals surface area contributed by atoms with Gasteiger partial charge in [-0.1, -0.05) is 30.3 Å². The Bertz CT molecular complexity index is 870. The predicted octanol–water partition coefficient (Wildman–Crippen LogP) is 3.78. The predicted molar refractivity (Wildman–Crippen MR) is 106 cm³/mol. The van der Waals surface area contributed by atoms with Crippen LogP contribution in [-0.4, -0.2) is 23.1 Å². The molecule has 3 aromatic rings. The molecular formula is C22H24N4. The Morgan fingerprint density at radius 1 is 1.04 bits per heavy atom. The molecule has 0 aliphatic carbocycles. The van der Waals surface area contributed by atoms with Gasteiger partial charge in [0.1, 0.15) is 5.82 Å². The van der Waals surface area contributed by atoms with E-state index in [9.17, 15) is 0 Å². The summed E-state index contributed by atoms with van der Waals surface area (Å²) in [5.74, 6) is 1.18. The number of pyridine rings is 2. The summed E-state index contributed by atoms with van der Waals surface area (Å²) >= 11 is 0. The van der Waals surface area contributed by atoms with Crippen molar-refractivity contribution in [2.75, 3.05) is 18.8 Å². The van der Waals surface area contributed by atoms with Crippen LogP contribution in [0.2, 0.25) is 0 Å². The number of nitrogens with one attached hydrogen (secondary N) is 1. The van der Waals surface area contributed by atoms with Crippen LogP contribution >= 0.6 is 0 Å². The lowest BCUT2D eigenvalue weighted by Crippen LogP contribution is -2.26. The normalized spacial score (nSPS) is 15.1. The van der Waals surface area contributed by atoms with Crippen LogP contribution in [0, 0.1) is 0 Å². The Labute approximate surface area is 154 Å². The van der Waals surface area contributed by atoms with Crippen LogP contribution in [0.3, 0.4) is 0 Å². The Balaban J connectivity index is 1.74. The molecule has 0 saturated carbocycles. The van der Waals surface area contributed by atoms with Crippen molar-refractivity contribution in [3.8, 4) is 11.3 Å². The second kappa shape index (κ2) is 7.67. The molecule has 4 heteroatoms. The molecule has 4 rings (SSSR count). The maximum Gasteiger partial charge on any atom is 0.124 e. The highest BCUT2D eigenvalue weighted by Gasteiger charge is 2.17. The minimum Gasteiger partial charge on any atom is -0.384 e. The average Bonchev–Trinajstić information content (AvgIpc) is 2.69. The zero-order valence-electron chi connectivity index (χ0n) is 14.9. The van der Waals surface area contributed by atoms with Crippen LogP contribution in [0.15, 0.2) is 60.9 Å². The van der Waals surface area contributed by atoms with Gasteiger partial charge in [0.25, 0.3) is 0 Å². The fourth-order valence-corrected chi connectivity index (χ4v) is 3.74. The van der Waals surface area contributed by atoms with Crippen LogP contribution in [0.1, 0.15) is 35.4 Å². The SMILES string of the molecule is Nc1cccc(-c2ccc(C3CCNCC3)cc2Cc2cccnc2)n1. The minimum absolute atomic E-state index is 0.553. The number of nitrogens with zero attached hydrogens (tertiary/aromatic N) is 2. The summed E-state index contributed by atoms with van der Waals surface area (Å²) in [4.78, 5) is 8.81. The molecule has 0 atom stereocenters. The maximum atomic E-state index is 5.92. The monoisotopic (exact) mass is 344 g/mol. The highest BCUT2D eigenvalue weighted by atomic mass is 14.9. The van der Waals surface area contributed by atoms with Crippen LogP contribution in [-0.2, 0) is 6.42 Å². The van der Waals surface area contributed by atoms with E-state index >= 15 is 0 Å². The second-order valence-corrected chi connectivity index (χ2v) is 6.93. The van der Waals surface area contributed by atoms with Crippen molar-refractivity contribution >= 4 is 5.82 Å². The van der Waals surface area contributed by atoms with Gasteiger partial charge < -0.3 is 11.1 Å². The molecule has 26 heavy (non-hydrogen) atoms. The first-order chi connectivity index (χ1) is 12.8. The van der Waals surface area contributed by atoms with Crippen molar-refractivity contribution in [3.63, 3.8) is 0 Å². The summed E-state index contributed by atoms with van der Waals surface area (Å²) in [6.07, 6.45) is 6.99. The number of anilines is 1. The van der Waals surface area contributed by atoms with Gasteiger partial charge in [0.05, 0.1) is 5.69 Å². The van der Waals surface area contributed by atoms with E-state index < -0.39 is 0 Å². The average molecular weight is 344 g/mol. The molecule has 3 heterocycles. The van der Waals surface area contributed by atoms with Crippen molar-refractivity contribution in [3.05, 3.63) is 77.6 Å². The molecule has 4 nitrogen and oxygen atoms in total. The molecule has 3 N–H and O–H groups in total. The van der Waals surface area contributed by atoms with Crippen molar-refractivity contribution in [1.29, 1.82) is 0 Å². The number of rotatable bonds is 4. The molecule has 132 valence electrons. The first-order valence-electron chi connectivity index (χ1n) is 9.25. The van der Waals surface area contributed by atoms with E-state index in [1.54, 1.807) is 0 Å². The number of hydrogen-bond donors (Lipinski definition) is 2. The Morgan fingerprint density at radius 2 is 1.92 bits per heavy atom. The van der Waals surface area contributed by atoms with E-state index in [4.69, 9.17) is 5.73 Å². The van der Waals surface area contributed by atoms with Gasteiger partial charge in [-0.2, -0.15) is 0 Å². The lowest BCUT2D eigenvalue weighted by Gasteiger charge is -2.24. The molecule has 1 fully saturated rings. The van der Waals surface area contributed by atoms with Crippen LogP contribution in [0.4, 0.5) is 5.82 Å². The fraction of sp³-hybridized carbons (Fsp3) is 0.273. The molecular weight excluding hydrogens is 320 g/mol. The van der Waals surface area contributed by atoms with Crippen LogP contribution in [0.5, 0.6) is 0 Å².